The van der Waals surface area contributed by atoms with Gasteiger partial charge in [0.05, 0.1) is 11.7 Å². The minimum atomic E-state index is -1.41. The highest BCUT2D eigenvalue weighted by Crippen LogP contribution is 2.02. The molecule has 9 heavy (non-hydrogen) atoms. The molecule has 0 spiro atoms. The first-order valence-electron chi connectivity index (χ1n) is 2.82. The van der Waals surface area contributed by atoms with E-state index in [1.807, 2.05) is 13.0 Å². The molecule has 0 saturated carbocycles. The van der Waals surface area contributed by atoms with Gasteiger partial charge in [0.15, 0.2) is 0 Å². The predicted octanol–water partition coefficient (Wildman–Crippen LogP) is -0.602. The van der Waals surface area contributed by atoms with Crippen LogP contribution in [0.15, 0.2) is 17.1 Å². The summed E-state index contributed by atoms with van der Waals surface area (Å²) in [4.78, 5) is 3.89. The molecule has 1 heterocycles. The van der Waals surface area contributed by atoms with Crippen molar-refractivity contribution in [2.45, 2.75) is 13.0 Å². The average Bonchev–Trinajstić information content (AvgIpc) is 2.14. The van der Waals surface area contributed by atoms with Crippen LogP contribution in [0.3, 0.4) is 0 Å². The second-order valence-electron chi connectivity index (χ2n) is 2.03. The Balaban J connectivity index is 2.64. The normalized spacial score (nSPS) is 24.3. The molecule has 48 valence electrons. The van der Waals surface area contributed by atoms with E-state index in [-0.39, 0.29) is 6.04 Å². The number of aliphatic imine (C=N–C) groups is 1. The molecule has 1 aliphatic heterocycles. The summed E-state index contributed by atoms with van der Waals surface area (Å²) in [6.45, 7) is 1.88. The molecule has 1 atom stereocenters. The second-order valence-corrected chi connectivity index (χ2v) is 2.03. The molecule has 0 bridgehead atoms. The number of rotatable bonds is 1. The first-order chi connectivity index (χ1) is 4.20. The highest BCUT2D eigenvalue weighted by molar-refractivity contribution is 6.82. The smallest absolute Gasteiger partial charge is 0.422 e. The molecule has 0 fully saturated rings. The van der Waals surface area contributed by atoms with Gasteiger partial charge in [-0.2, -0.15) is 0 Å². The summed E-state index contributed by atoms with van der Waals surface area (Å²) in [5.74, 6) is 0. The summed E-state index contributed by atoms with van der Waals surface area (Å²) in [7, 11) is -1.41. The zero-order valence-electron chi connectivity index (χ0n) is 5.15. The van der Waals surface area contributed by atoms with Gasteiger partial charge in [0.2, 0.25) is 0 Å². The van der Waals surface area contributed by atoms with Gasteiger partial charge >= 0.3 is 7.12 Å². The van der Waals surface area contributed by atoms with Crippen LogP contribution in [0.4, 0.5) is 0 Å². The zero-order valence-corrected chi connectivity index (χ0v) is 5.15. The molecule has 0 aromatic heterocycles. The maximum absolute atomic E-state index is 8.54. The topological polar surface area (TPSA) is 52.8 Å². The van der Waals surface area contributed by atoms with E-state index in [1.54, 1.807) is 6.08 Å². The third-order valence-electron chi connectivity index (χ3n) is 1.16. The van der Waals surface area contributed by atoms with Gasteiger partial charge in [0.25, 0.3) is 0 Å². The monoisotopic (exact) mass is 125 g/mol. The minimum Gasteiger partial charge on any atom is -0.422 e. The number of allylic oxidation sites excluding steroid dienone is 1. The molecule has 1 aliphatic rings. The van der Waals surface area contributed by atoms with Crippen LogP contribution in [-0.4, -0.2) is 28.8 Å². The van der Waals surface area contributed by atoms with Crippen LogP contribution in [-0.2, 0) is 0 Å². The van der Waals surface area contributed by atoms with Gasteiger partial charge in [-0.25, -0.2) is 0 Å². The number of hydrogen-bond donors (Lipinski definition) is 2. The summed E-state index contributed by atoms with van der Waals surface area (Å²) in [6, 6.07) is 0.0989. The van der Waals surface area contributed by atoms with E-state index in [1.165, 1.54) is 0 Å². The third kappa shape index (κ3) is 1.40. The van der Waals surface area contributed by atoms with Crippen LogP contribution in [0.25, 0.3) is 0 Å². The van der Waals surface area contributed by atoms with Gasteiger partial charge in [-0.15, -0.1) is 0 Å². The molecule has 1 rings (SSSR count). The van der Waals surface area contributed by atoms with Crippen LogP contribution < -0.4 is 0 Å². The van der Waals surface area contributed by atoms with Gasteiger partial charge in [-0.1, -0.05) is 6.08 Å². The molecule has 1 unspecified atom stereocenters. The summed E-state index contributed by atoms with van der Waals surface area (Å²) >= 11 is 0. The first-order valence-corrected chi connectivity index (χ1v) is 2.82. The van der Waals surface area contributed by atoms with Crippen molar-refractivity contribution in [3.8, 4) is 0 Å². The van der Waals surface area contributed by atoms with E-state index < -0.39 is 7.12 Å². The lowest BCUT2D eigenvalue weighted by Crippen LogP contribution is -2.22. The maximum Gasteiger partial charge on any atom is 0.507 e. The summed E-state index contributed by atoms with van der Waals surface area (Å²) in [6.07, 6.45) is 3.43. The molecule has 4 heteroatoms. The van der Waals surface area contributed by atoms with Gasteiger partial charge in [-0.05, 0) is 13.0 Å². The lowest BCUT2D eigenvalue weighted by molar-refractivity contribution is 0.430. The first kappa shape index (κ1) is 6.51. The maximum atomic E-state index is 8.54. The van der Waals surface area contributed by atoms with Crippen LogP contribution >= 0.6 is 0 Å². The fourth-order valence-corrected chi connectivity index (χ4v) is 0.712. The summed E-state index contributed by atoms with van der Waals surface area (Å²) < 4.78 is 0. The van der Waals surface area contributed by atoms with Crippen molar-refractivity contribution in [3.63, 3.8) is 0 Å². The molecule has 0 aliphatic carbocycles. The Kier molecular flexibility index (Phi) is 1.69. The highest BCUT2D eigenvalue weighted by Gasteiger charge is 2.17. The fraction of sp³-hybridized carbons (Fsp3) is 0.400. The zero-order chi connectivity index (χ0) is 6.85. The quantitative estimate of drug-likeness (QED) is 0.459. The van der Waals surface area contributed by atoms with Gasteiger partial charge in [0, 0.05) is 0 Å². The molecular weight excluding hydrogens is 117 g/mol. The molecule has 0 aromatic carbocycles. The Hall–Kier alpha value is -0.605. The van der Waals surface area contributed by atoms with Crippen molar-refractivity contribution >= 4 is 12.7 Å². The standard InChI is InChI=1S/C5H8BNO2/c1-4-2-3-5(7-4)6(8)9/h2-4,8-9H,1H3. The Labute approximate surface area is 53.9 Å². The number of hydrogen-bond acceptors (Lipinski definition) is 3. The largest absolute Gasteiger partial charge is 0.507 e. The van der Waals surface area contributed by atoms with E-state index in [4.69, 9.17) is 10.0 Å². The van der Waals surface area contributed by atoms with Crippen LogP contribution in [0.5, 0.6) is 0 Å². The van der Waals surface area contributed by atoms with Gasteiger partial charge in [-0.3, -0.25) is 4.99 Å². The van der Waals surface area contributed by atoms with Crippen LogP contribution in [0.2, 0.25) is 0 Å². The van der Waals surface area contributed by atoms with E-state index in [2.05, 4.69) is 4.99 Å². The van der Waals surface area contributed by atoms with Crippen molar-refractivity contribution in [1.29, 1.82) is 0 Å². The molecule has 0 radical (unpaired) electrons. The Morgan fingerprint density at radius 1 is 1.67 bits per heavy atom. The molecule has 3 nitrogen and oxygen atoms in total. The molecule has 0 amide bonds. The summed E-state index contributed by atoms with van der Waals surface area (Å²) in [5.41, 5.74) is 0.350. The van der Waals surface area contributed by atoms with E-state index >= 15 is 0 Å². The van der Waals surface area contributed by atoms with E-state index in [9.17, 15) is 0 Å². The SMILES string of the molecule is CC1C=CC(B(O)O)=N1. The molecule has 0 saturated heterocycles. The lowest BCUT2D eigenvalue weighted by atomic mass is 9.84. The molecule has 2 N–H and O–H groups in total. The third-order valence-corrected chi connectivity index (χ3v) is 1.16. The molecule has 0 aromatic rings. The lowest BCUT2D eigenvalue weighted by Gasteiger charge is -1.93. The van der Waals surface area contributed by atoms with E-state index in [0.29, 0.717) is 5.61 Å². The second kappa shape index (κ2) is 2.33. The van der Waals surface area contributed by atoms with Crippen molar-refractivity contribution in [3.05, 3.63) is 12.2 Å². The number of nitrogens with zero attached hydrogens (tertiary/aromatic N) is 1. The van der Waals surface area contributed by atoms with Crippen LogP contribution in [0, 0.1) is 0 Å². The highest BCUT2D eigenvalue weighted by atomic mass is 16.4. The molecular formula is C5H8BNO2. The Morgan fingerprint density at radius 2 is 2.33 bits per heavy atom. The summed E-state index contributed by atoms with van der Waals surface area (Å²) in [5, 5.41) is 17.1. The Bertz CT molecular complexity index is 164. The Morgan fingerprint density at radius 3 is 2.56 bits per heavy atom. The van der Waals surface area contributed by atoms with Crippen LogP contribution in [0.1, 0.15) is 6.92 Å². The average molecular weight is 125 g/mol. The van der Waals surface area contributed by atoms with Gasteiger partial charge in [0.1, 0.15) is 0 Å². The van der Waals surface area contributed by atoms with Crippen molar-refractivity contribution in [2.24, 2.45) is 4.99 Å². The van der Waals surface area contributed by atoms with E-state index in [0.717, 1.165) is 0 Å². The van der Waals surface area contributed by atoms with Crippen molar-refractivity contribution < 1.29 is 10.0 Å². The predicted molar refractivity (Wildman–Crippen MR) is 36.2 cm³/mol. The van der Waals surface area contributed by atoms with Gasteiger partial charge < -0.3 is 10.0 Å². The van der Waals surface area contributed by atoms with Crippen molar-refractivity contribution in [2.75, 3.05) is 0 Å². The fourth-order valence-electron chi connectivity index (χ4n) is 0.712. The van der Waals surface area contributed by atoms with Crippen molar-refractivity contribution in [1.82, 2.24) is 0 Å². The minimum absolute atomic E-state index is 0.0989.